The molecule has 1 heteroatoms. The summed E-state index contributed by atoms with van der Waals surface area (Å²) in [6.07, 6.45) is 4.47. The van der Waals surface area contributed by atoms with E-state index in [2.05, 4.69) is 19.2 Å². The van der Waals surface area contributed by atoms with Crippen LogP contribution in [0.5, 0.6) is 0 Å². The number of hydrogen-bond acceptors (Lipinski definition) is 1. The summed E-state index contributed by atoms with van der Waals surface area (Å²) in [6.45, 7) is 7.35. The van der Waals surface area contributed by atoms with Gasteiger partial charge in [0.05, 0.1) is 0 Å². The normalized spacial score (nSPS) is 31.8. The summed E-state index contributed by atoms with van der Waals surface area (Å²) in [4.78, 5) is 0. The van der Waals surface area contributed by atoms with Crippen molar-refractivity contribution in [1.29, 1.82) is 0 Å². The molecule has 1 spiro atoms. The van der Waals surface area contributed by atoms with E-state index in [1.807, 2.05) is 0 Å². The Morgan fingerprint density at radius 3 is 2.33 bits per heavy atom. The minimum Gasteiger partial charge on any atom is -0.316 e. The van der Waals surface area contributed by atoms with E-state index in [9.17, 15) is 0 Å². The average molecular weight is 171 g/mol. The monoisotopic (exact) mass is 171 g/mol. The maximum atomic E-state index is 3.40. The van der Waals surface area contributed by atoms with E-state index in [1.54, 1.807) is 0 Å². The first-order chi connectivity index (χ1) is 5.22. The van der Waals surface area contributed by atoms with Crippen molar-refractivity contribution in [3.63, 3.8) is 0 Å². The summed E-state index contributed by atoms with van der Waals surface area (Å²) in [7, 11) is 0. The molecule has 1 saturated heterocycles. The summed E-state index contributed by atoms with van der Waals surface area (Å²) in [6, 6.07) is 0. The van der Waals surface area contributed by atoms with Gasteiger partial charge in [0.1, 0.15) is 0 Å². The van der Waals surface area contributed by atoms with Crippen molar-refractivity contribution in [2.45, 2.75) is 40.5 Å². The fraction of sp³-hybridized carbons (Fsp3) is 1.00. The first kappa shape index (κ1) is 10.0. The van der Waals surface area contributed by atoms with Crippen molar-refractivity contribution in [1.82, 2.24) is 5.32 Å². The van der Waals surface area contributed by atoms with E-state index < -0.39 is 0 Å². The first-order valence-electron chi connectivity index (χ1n) is 4.93. The van der Waals surface area contributed by atoms with Gasteiger partial charge in [0.2, 0.25) is 0 Å². The number of nitrogens with one attached hydrogen (secondary N) is 1. The second-order valence-corrected chi connectivity index (χ2v) is 4.85. The van der Waals surface area contributed by atoms with Crippen molar-refractivity contribution < 1.29 is 1.43 Å². The van der Waals surface area contributed by atoms with Crippen molar-refractivity contribution >= 4 is 0 Å². The van der Waals surface area contributed by atoms with E-state index in [1.165, 1.54) is 32.4 Å². The Hall–Kier alpha value is -0.0400. The van der Waals surface area contributed by atoms with Crippen LogP contribution in [-0.2, 0) is 0 Å². The second kappa shape index (κ2) is 3.37. The van der Waals surface area contributed by atoms with E-state index in [0.717, 1.165) is 17.3 Å². The van der Waals surface area contributed by atoms with Gasteiger partial charge in [-0.2, -0.15) is 0 Å². The van der Waals surface area contributed by atoms with E-state index >= 15 is 0 Å². The molecule has 2 rings (SSSR count). The molecule has 1 unspecified atom stereocenters. The van der Waals surface area contributed by atoms with Crippen LogP contribution in [0.4, 0.5) is 0 Å². The lowest BCUT2D eigenvalue weighted by Gasteiger charge is -2.39. The highest BCUT2D eigenvalue weighted by Gasteiger charge is 2.43. The zero-order valence-corrected chi connectivity index (χ0v) is 7.69. The molecule has 0 radical (unpaired) electrons. The van der Waals surface area contributed by atoms with Crippen LogP contribution in [0.1, 0.15) is 42.0 Å². The highest BCUT2D eigenvalue weighted by molar-refractivity contribution is 4.98. The Morgan fingerprint density at radius 1 is 1.42 bits per heavy atom. The maximum absolute atomic E-state index is 3.40. The Bertz CT molecular complexity index is 152. The standard InChI is InChI=1S/C10H19N.CH4.H2/c1-8(2)9-3-4-10(5-9)6-11-7-10;;/h8-9,11H,3-7H2,1-2H3;1H4;1H. The molecular formula is C11H25N. The van der Waals surface area contributed by atoms with Crippen molar-refractivity contribution in [2.75, 3.05) is 13.1 Å². The number of hydrogen-bond donors (Lipinski definition) is 1. The van der Waals surface area contributed by atoms with Crippen LogP contribution in [0, 0.1) is 17.3 Å². The molecular weight excluding hydrogens is 146 g/mol. The zero-order chi connectivity index (χ0) is 7.90. The fourth-order valence-corrected chi connectivity index (χ4v) is 2.62. The summed E-state index contributed by atoms with van der Waals surface area (Å²) in [5.74, 6) is 1.94. The van der Waals surface area contributed by atoms with Crippen LogP contribution < -0.4 is 5.32 Å². The molecule has 1 atom stereocenters. The minimum absolute atomic E-state index is 0. The Morgan fingerprint density at radius 2 is 2.08 bits per heavy atom. The van der Waals surface area contributed by atoms with E-state index in [0.29, 0.717) is 0 Å². The van der Waals surface area contributed by atoms with Gasteiger partial charge in [0, 0.05) is 14.5 Å². The summed E-state index contributed by atoms with van der Waals surface area (Å²) < 4.78 is 0. The minimum atomic E-state index is 0. The smallest absolute Gasteiger partial charge is 0.00203 e. The van der Waals surface area contributed by atoms with Gasteiger partial charge in [0.15, 0.2) is 0 Å². The van der Waals surface area contributed by atoms with Crippen LogP contribution >= 0.6 is 0 Å². The molecule has 1 heterocycles. The lowest BCUT2D eigenvalue weighted by atomic mass is 9.78. The molecule has 0 aromatic rings. The molecule has 2 aliphatic rings. The molecule has 1 aliphatic heterocycles. The van der Waals surface area contributed by atoms with Crippen LogP contribution in [0.25, 0.3) is 0 Å². The third-order valence-electron chi connectivity index (χ3n) is 3.68. The molecule has 0 amide bonds. The van der Waals surface area contributed by atoms with E-state index in [-0.39, 0.29) is 8.85 Å². The lowest BCUT2D eigenvalue weighted by molar-refractivity contribution is 0.164. The Labute approximate surface area is 78.4 Å². The Balaban J connectivity index is 0.000000720. The largest absolute Gasteiger partial charge is 0.316 e. The molecule has 1 saturated carbocycles. The van der Waals surface area contributed by atoms with Gasteiger partial charge in [-0.05, 0) is 36.5 Å². The zero-order valence-electron chi connectivity index (χ0n) is 7.69. The third-order valence-corrected chi connectivity index (χ3v) is 3.68. The van der Waals surface area contributed by atoms with Crippen LogP contribution in [0.3, 0.4) is 0 Å². The first-order valence-corrected chi connectivity index (χ1v) is 4.93. The van der Waals surface area contributed by atoms with Crippen LogP contribution in [-0.4, -0.2) is 13.1 Å². The highest BCUT2D eigenvalue weighted by atomic mass is 15.0. The van der Waals surface area contributed by atoms with Crippen molar-refractivity contribution in [3.05, 3.63) is 0 Å². The van der Waals surface area contributed by atoms with Gasteiger partial charge in [-0.25, -0.2) is 0 Å². The van der Waals surface area contributed by atoms with Crippen LogP contribution in [0.15, 0.2) is 0 Å². The quantitative estimate of drug-likeness (QED) is 0.639. The SMILES string of the molecule is C.CC(C)C1CCC2(CNC2)C1.[HH]. The van der Waals surface area contributed by atoms with Crippen molar-refractivity contribution in [3.8, 4) is 0 Å². The molecule has 2 fully saturated rings. The Kier molecular flexibility index (Phi) is 2.82. The van der Waals surface area contributed by atoms with Gasteiger partial charge in [-0.3, -0.25) is 0 Å². The predicted molar refractivity (Wildman–Crippen MR) is 56.3 cm³/mol. The van der Waals surface area contributed by atoms with Gasteiger partial charge in [-0.1, -0.05) is 21.3 Å². The lowest BCUT2D eigenvalue weighted by Crippen LogP contribution is -2.51. The van der Waals surface area contributed by atoms with Gasteiger partial charge in [-0.15, -0.1) is 0 Å². The second-order valence-electron chi connectivity index (χ2n) is 4.85. The molecule has 1 nitrogen and oxygen atoms in total. The molecule has 0 aromatic carbocycles. The third kappa shape index (κ3) is 1.52. The number of rotatable bonds is 1. The summed E-state index contributed by atoms with van der Waals surface area (Å²) >= 11 is 0. The average Bonchev–Trinajstić information content (AvgIpc) is 2.28. The van der Waals surface area contributed by atoms with Gasteiger partial charge < -0.3 is 5.32 Å². The predicted octanol–water partition coefficient (Wildman–Crippen LogP) is 2.91. The van der Waals surface area contributed by atoms with E-state index in [4.69, 9.17) is 0 Å². The molecule has 74 valence electrons. The maximum Gasteiger partial charge on any atom is 0.00203 e. The highest BCUT2D eigenvalue weighted by Crippen LogP contribution is 2.46. The molecule has 1 N–H and O–H groups in total. The van der Waals surface area contributed by atoms with Gasteiger partial charge >= 0.3 is 0 Å². The topological polar surface area (TPSA) is 12.0 Å². The molecule has 12 heavy (non-hydrogen) atoms. The molecule has 1 aliphatic carbocycles. The molecule has 0 bridgehead atoms. The summed E-state index contributed by atoms with van der Waals surface area (Å²) in [5, 5.41) is 3.40. The van der Waals surface area contributed by atoms with Crippen molar-refractivity contribution in [2.24, 2.45) is 17.3 Å². The summed E-state index contributed by atoms with van der Waals surface area (Å²) in [5.41, 5.74) is 0.759. The fourth-order valence-electron chi connectivity index (χ4n) is 2.62. The molecule has 0 aromatic heterocycles. The van der Waals surface area contributed by atoms with Crippen LogP contribution in [0.2, 0.25) is 0 Å². The van der Waals surface area contributed by atoms with Gasteiger partial charge in [0.25, 0.3) is 0 Å².